The number of rotatable bonds is 10. The lowest BCUT2D eigenvalue weighted by Gasteiger charge is -2.20. The standard InChI is InChI=1S/C24H25NO6S/c1-16-11-12-18-7-3-4-8-20(18)21(16)13-17(2)31-22-9-5-6-10-23(22)32(29,30)25-19(15-26)14-24(27)28/h3-12,15,17,19,25H,13-14H2,1-2H3,(H,27,28)/t17-,19?/m0/s1. The average Bonchev–Trinajstić information content (AvgIpc) is 2.75. The predicted molar refractivity (Wildman–Crippen MR) is 121 cm³/mol. The molecule has 0 saturated heterocycles. The summed E-state index contributed by atoms with van der Waals surface area (Å²) in [5, 5.41) is 11.1. The molecule has 168 valence electrons. The third-order valence-electron chi connectivity index (χ3n) is 5.10. The molecule has 3 aromatic carbocycles. The van der Waals surface area contributed by atoms with Crippen molar-refractivity contribution in [1.82, 2.24) is 4.72 Å². The number of aryl methyl sites for hydroxylation is 1. The Balaban J connectivity index is 1.84. The van der Waals surface area contributed by atoms with Crippen LogP contribution in [0.2, 0.25) is 0 Å². The molecule has 0 radical (unpaired) electrons. The summed E-state index contributed by atoms with van der Waals surface area (Å²) in [5.74, 6) is -1.15. The third-order valence-corrected chi connectivity index (χ3v) is 6.63. The number of carbonyl (C=O) groups is 2. The van der Waals surface area contributed by atoms with Crippen LogP contribution in [0.25, 0.3) is 10.8 Å². The lowest BCUT2D eigenvalue weighted by Crippen LogP contribution is -2.37. The maximum atomic E-state index is 12.8. The molecule has 0 aliphatic rings. The van der Waals surface area contributed by atoms with Gasteiger partial charge in [-0.15, -0.1) is 0 Å². The van der Waals surface area contributed by atoms with Crippen LogP contribution in [0.5, 0.6) is 5.75 Å². The van der Waals surface area contributed by atoms with Gasteiger partial charge in [0.05, 0.1) is 12.5 Å². The Kier molecular flexibility index (Phi) is 7.27. The molecule has 7 nitrogen and oxygen atoms in total. The minimum atomic E-state index is -4.18. The first kappa shape index (κ1) is 23.4. The number of benzene rings is 3. The summed E-state index contributed by atoms with van der Waals surface area (Å²) in [4.78, 5) is 21.9. The van der Waals surface area contributed by atoms with E-state index < -0.39 is 28.5 Å². The van der Waals surface area contributed by atoms with Crippen molar-refractivity contribution < 1.29 is 27.9 Å². The van der Waals surface area contributed by atoms with Gasteiger partial charge in [-0.2, -0.15) is 0 Å². The molecule has 0 aliphatic carbocycles. The predicted octanol–water partition coefficient (Wildman–Crippen LogP) is 3.48. The quantitative estimate of drug-likeness (QED) is 0.453. The van der Waals surface area contributed by atoms with E-state index in [-0.39, 0.29) is 23.0 Å². The van der Waals surface area contributed by atoms with E-state index in [0.717, 1.165) is 21.9 Å². The maximum Gasteiger partial charge on any atom is 0.305 e. The average molecular weight is 456 g/mol. The first-order valence-electron chi connectivity index (χ1n) is 10.1. The normalized spacial score (nSPS) is 13.4. The number of nitrogens with one attached hydrogen (secondary N) is 1. The summed E-state index contributed by atoms with van der Waals surface area (Å²) in [6, 6.07) is 16.9. The first-order valence-corrected chi connectivity index (χ1v) is 11.6. The van der Waals surface area contributed by atoms with Gasteiger partial charge >= 0.3 is 5.97 Å². The molecular formula is C24H25NO6S. The third kappa shape index (κ3) is 5.52. The Morgan fingerprint density at radius 1 is 1.09 bits per heavy atom. The maximum absolute atomic E-state index is 12.8. The highest BCUT2D eigenvalue weighted by Crippen LogP contribution is 2.28. The number of carboxylic acid groups (broad SMARTS) is 1. The van der Waals surface area contributed by atoms with Crippen LogP contribution in [0.3, 0.4) is 0 Å². The van der Waals surface area contributed by atoms with Crippen molar-refractivity contribution in [2.24, 2.45) is 0 Å². The van der Waals surface area contributed by atoms with Crippen LogP contribution in [-0.2, 0) is 26.0 Å². The molecule has 2 atom stereocenters. The molecule has 0 aliphatic heterocycles. The van der Waals surface area contributed by atoms with Gasteiger partial charge in [0.25, 0.3) is 0 Å². The van der Waals surface area contributed by atoms with Crippen LogP contribution in [0.4, 0.5) is 0 Å². The second-order valence-corrected chi connectivity index (χ2v) is 9.31. The molecule has 0 aromatic heterocycles. The van der Waals surface area contributed by atoms with Gasteiger partial charge in [-0.05, 0) is 47.9 Å². The Bertz CT molecular complexity index is 1240. The highest BCUT2D eigenvalue weighted by molar-refractivity contribution is 7.89. The zero-order chi connectivity index (χ0) is 23.3. The van der Waals surface area contributed by atoms with E-state index in [1.807, 2.05) is 32.0 Å². The number of para-hydroxylation sites is 1. The summed E-state index contributed by atoms with van der Waals surface area (Å²) in [5.41, 5.74) is 2.24. The molecular weight excluding hydrogens is 430 g/mol. The molecule has 32 heavy (non-hydrogen) atoms. The van der Waals surface area contributed by atoms with E-state index >= 15 is 0 Å². The molecule has 0 fully saturated rings. The second kappa shape index (κ2) is 9.93. The fraction of sp³-hybridized carbons (Fsp3) is 0.250. The Morgan fingerprint density at radius 3 is 2.50 bits per heavy atom. The summed E-state index contributed by atoms with van der Waals surface area (Å²) in [7, 11) is -4.18. The van der Waals surface area contributed by atoms with Crippen molar-refractivity contribution in [2.75, 3.05) is 0 Å². The van der Waals surface area contributed by atoms with Gasteiger partial charge in [0.1, 0.15) is 23.0 Å². The first-order chi connectivity index (χ1) is 15.2. The SMILES string of the molecule is Cc1ccc2ccccc2c1C[C@H](C)Oc1ccccc1S(=O)(=O)NC(C=O)CC(=O)O. The fourth-order valence-corrected chi connectivity index (χ4v) is 4.90. The van der Waals surface area contributed by atoms with Crippen LogP contribution in [-0.4, -0.2) is 37.9 Å². The number of hydrogen-bond donors (Lipinski definition) is 2. The molecule has 8 heteroatoms. The molecule has 0 saturated carbocycles. The molecule has 0 bridgehead atoms. The number of carbonyl (C=O) groups excluding carboxylic acids is 1. The van der Waals surface area contributed by atoms with E-state index in [1.165, 1.54) is 18.2 Å². The largest absolute Gasteiger partial charge is 0.489 e. The van der Waals surface area contributed by atoms with Crippen LogP contribution < -0.4 is 9.46 Å². The van der Waals surface area contributed by atoms with E-state index in [1.54, 1.807) is 6.07 Å². The van der Waals surface area contributed by atoms with Crippen molar-refractivity contribution in [3.8, 4) is 5.75 Å². The van der Waals surface area contributed by atoms with Gasteiger partial charge in [-0.1, -0.05) is 48.5 Å². The number of carboxylic acids is 1. The van der Waals surface area contributed by atoms with Gasteiger partial charge in [-0.25, -0.2) is 13.1 Å². The zero-order valence-corrected chi connectivity index (χ0v) is 18.6. The van der Waals surface area contributed by atoms with Crippen molar-refractivity contribution >= 4 is 33.1 Å². The van der Waals surface area contributed by atoms with Gasteiger partial charge in [0.15, 0.2) is 0 Å². The number of sulfonamides is 1. The van der Waals surface area contributed by atoms with Crippen LogP contribution >= 0.6 is 0 Å². The molecule has 0 spiro atoms. The number of aldehydes is 1. The minimum Gasteiger partial charge on any atom is -0.489 e. The van der Waals surface area contributed by atoms with Crippen molar-refractivity contribution in [1.29, 1.82) is 0 Å². The Morgan fingerprint density at radius 2 is 1.78 bits per heavy atom. The summed E-state index contributed by atoms with van der Waals surface area (Å²) in [6.07, 6.45) is -0.175. The number of aliphatic carboxylic acids is 1. The van der Waals surface area contributed by atoms with Gasteiger partial charge in [0.2, 0.25) is 10.0 Å². The summed E-state index contributed by atoms with van der Waals surface area (Å²) < 4.78 is 33.8. The van der Waals surface area contributed by atoms with E-state index in [4.69, 9.17) is 9.84 Å². The molecule has 0 heterocycles. The van der Waals surface area contributed by atoms with Crippen molar-refractivity contribution in [3.63, 3.8) is 0 Å². The molecule has 0 amide bonds. The van der Waals surface area contributed by atoms with Crippen molar-refractivity contribution in [3.05, 3.63) is 71.8 Å². The van der Waals surface area contributed by atoms with Gasteiger partial charge in [-0.3, -0.25) is 4.79 Å². The monoisotopic (exact) mass is 455 g/mol. The lowest BCUT2D eigenvalue weighted by atomic mass is 9.96. The second-order valence-electron chi connectivity index (χ2n) is 7.62. The highest BCUT2D eigenvalue weighted by atomic mass is 32.2. The number of hydrogen-bond acceptors (Lipinski definition) is 5. The summed E-state index contributed by atoms with van der Waals surface area (Å²) in [6.45, 7) is 3.88. The summed E-state index contributed by atoms with van der Waals surface area (Å²) >= 11 is 0. The molecule has 1 unspecified atom stereocenters. The smallest absolute Gasteiger partial charge is 0.305 e. The van der Waals surface area contributed by atoms with Crippen LogP contribution in [0.1, 0.15) is 24.5 Å². The molecule has 2 N–H and O–H groups in total. The highest BCUT2D eigenvalue weighted by Gasteiger charge is 2.25. The molecule has 3 rings (SSSR count). The fourth-order valence-electron chi connectivity index (χ4n) is 3.60. The van der Waals surface area contributed by atoms with E-state index in [9.17, 15) is 18.0 Å². The lowest BCUT2D eigenvalue weighted by molar-refractivity contribution is -0.138. The van der Waals surface area contributed by atoms with Crippen molar-refractivity contribution in [2.45, 2.75) is 43.7 Å². The van der Waals surface area contributed by atoms with Gasteiger partial charge in [0, 0.05) is 6.42 Å². The minimum absolute atomic E-state index is 0.130. The van der Waals surface area contributed by atoms with Gasteiger partial charge < -0.3 is 14.6 Å². The Labute approximate surface area is 187 Å². The Hall–Kier alpha value is -3.23. The molecule has 3 aromatic rings. The number of fused-ring (bicyclic) bond motifs is 1. The van der Waals surface area contributed by atoms with Crippen LogP contribution in [0, 0.1) is 6.92 Å². The topological polar surface area (TPSA) is 110 Å². The zero-order valence-electron chi connectivity index (χ0n) is 17.8. The number of ether oxygens (including phenoxy) is 1. The van der Waals surface area contributed by atoms with E-state index in [2.05, 4.69) is 22.9 Å². The van der Waals surface area contributed by atoms with E-state index in [0.29, 0.717) is 6.42 Å². The van der Waals surface area contributed by atoms with Crippen LogP contribution in [0.15, 0.2) is 65.6 Å².